The number of hydrogen-bond donors (Lipinski definition) is 1. The van der Waals surface area contributed by atoms with Gasteiger partial charge in [-0.15, -0.1) is 0 Å². The Kier molecular flexibility index (Phi) is 7.05. The number of carbonyl (C=O) groups excluding carboxylic acids is 1. The maximum absolute atomic E-state index is 13.1. The van der Waals surface area contributed by atoms with Crippen molar-refractivity contribution in [1.29, 1.82) is 0 Å². The van der Waals surface area contributed by atoms with Crippen molar-refractivity contribution >= 4 is 5.91 Å². The highest BCUT2D eigenvalue weighted by molar-refractivity contribution is 5.94. The lowest BCUT2D eigenvalue weighted by Gasteiger charge is -2.38. The van der Waals surface area contributed by atoms with Gasteiger partial charge in [-0.25, -0.2) is 0 Å². The smallest absolute Gasteiger partial charge is 0.255 e. The van der Waals surface area contributed by atoms with Crippen LogP contribution < -0.4 is 4.74 Å². The Morgan fingerprint density at radius 3 is 2.55 bits per heavy atom. The zero-order valence-electron chi connectivity index (χ0n) is 20.5. The second kappa shape index (κ2) is 9.82. The molecule has 2 aromatic rings. The van der Waals surface area contributed by atoms with Crippen molar-refractivity contribution in [2.24, 2.45) is 0 Å². The van der Waals surface area contributed by atoms with Gasteiger partial charge in [-0.3, -0.25) is 14.7 Å². The van der Waals surface area contributed by atoms with E-state index < -0.39 is 0 Å². The molecule has 0 unspecified atom stereocenters. The molecule has 4 atom stereocenters. The van der Waals surface area contributed by atoms with Crippen molar-refractivity contribution in [2.45, 2.75) is 78.1 Å². The average molecular weight is 452 g/mol. The number of carbonyl (C=O) groups is 1. The van der Waals surface area contributed by atoms with Gasteiger partial charge in [0.15, 0.2) is 0 Å². The predicted octanol–water partition coefficient (Wildman–Crippen LogP) is 4.07. The van der Waals surface area contributed by atoms with E-state index in [1.54, 1.807) is 13.1 Å². The van der Waals surface area contributed by atoms with Crippen molar-refractivity contribution < 1.29 is 14.6 Å². The predicted molar refractivity (Wildman–Crippen MR) is 130 cm³/mol. The number of aromatic nitrogens is 1. The molecule has 6 heteroatoms. The van der Waals surface area contributed by atoms with Gasteiger partial charge >= 0.3 is 0 Å². The van der Waals surface area contributed by atoms with Crippen LogP contribution in [0.25, 0.3) is 0 Å². The first-order valence-corrected chi connectivity index (χ1v) is 12.2. The SMILES string of the molecule is CCc1ccc(C(=O)N2C[C@H]3C[C@@H]2CN3[C@@H](C)c2ccc(OCC[C@H](C)O)c(C)c2C)cn1. The molecule has 2 saturated heterocycles. The lowest BCUT2D eigenvalue weighted by molar-refractivity contribution is 0.0568. The first-order valence-electron chi connectivity index (χ1n) is 12.2. The number of aliphatic hydroxyl groups is 1. The quantitative estimate of drug-likeness (QED) is 0.655. The fourth-order valence-electron chi connectivity index (χ4n) is 5.29. The van der Waals surface area contributed by atoms with Crippen LogP contribution in [0.15, 0.2) is 30.5 Å². The van der Waals surface area contributed by atoms with E-state index in [9.17, 15) is 9.90 Å². The molecular weight excluding hydrogens is 414 g/mol. The van der Waals surface area contributed by atoms with E-state index in [1.165, 1.54) is 11.1 Å². The summed E-state index contributed by atoms with van der Waals surface area (Å²) < 4.78 is 5.91. The van der Waals surface area contributed by atoms with Gasteiger partial charge in [0, 0.05) is 49.5 Å². The summed E-state index contributed by atoms with van der Waals surface area (Å²) in [5, 5.41) is 9.47. The van der Waals surface area contributed by atoms with Gasteiger partial charge in [0.1, 0.15) is 5.75 Å². The van der Waals surface area contributed by atoms with E-state index in [1.807, 2.05) is 17.0 Å². The first kappa shape index (κ1) is 23.7. The first-order chi connectivity index (χ1) is 15.8. The Bertz CT molecular complexity index is 989. The van der Waals surface area contributed by atoms with Gasteiger partial charge in [-0.05, 0) is 75.4 Å². The lowest BCUT2D eigenvalue weighted by atomic mass is 9.96. The number of amides is 1. The molecule has 1 aromatic heterocycles. The largest absolute Gasteiger partial charge is 0.493 e. The highest BCUT2D eigenvalue weighted by Gasteiger charge is 2.47. The van der Waals surface area contributed by atoms with Crippen LogP contribution in [0.5, 0.6) is 5.75 Å². The van der Waals surface area contributed by atoms with E-state index in [0.29, 0.717) is 24.6 Å². The number of hydrogen-bond acceptors (Lipinski definition) is 5. The third-order valence-electron chi connectivity index (χ3n) is 7.50. The zero-order valence-corrected chi connectivity index (χ0v) is 20.5. The van der Waals surface area contributed by atoms with Crippen LogP contribution in [-0.2, 0) is 6.42 Å². The third-order valence-corrected chi connectivity index (χ3v) is 7.50. The average Bonchev–Trinajstić information content (AvgIpc) is 3.42. The zero-order chi connectivity index (χ0) is 23.7. The van der Waals surface area contributed by atoms with Crippen molar-refractivity contribution in [3.63, 3.8) is 0 Å². The molecule has 0 spiro atoms. The summed E-state index contributed by atoms with van der Waals surface area (Å²) in [5.41, 5.74) is 5.45. The molecule has 1 amide bonds. The van der Waals surface area contributed by atoms with E-state index in [4.69, 9.17) is 4.74 Å². The van der Waals surface area contributed by atoms with Crippen molar-refractivity contribution in [2.75, 3.05) is 19.7 Å². The number of aryl methyl sites for hydroxylation is 1. The minimum absolute atomic E-state index is 0.107. The number of benzene rings is 1. The molecule has 6 nitrogen and oxygen atoms in total. The maximum atomic E-state index is 13.1. The van der Waals surface area contributed by atoms with Gasteiger partial charge in [0.25, 0.3) is 5.91 Å². The van der Waals surface area contributed by atoms with Gasteiger partial charge in [0.05, 0.1) is 18.3 Å². The van der Waals surface area contributed by atoms with Gasteiger partial charge < -0.3 is 14.7 Å². The van der Waals surface area contributed by atoms with E-state index in [0.717, 1.165) is 42.9 Å². The van der Waals surface area contributed by atoms with E-state index in [-0.39, 0.29) is 24.1 Å². The van der Waals surface area contributed by atoms with Crippen LogP contribution in [0.3, 0.4) is 0 Å². The molecule has 4 rings (SSSR count). The van der Waals surface area contributed by atoms with Crippen molar-refractivity contribution in [3.05, 3.63) is 58.4 Å². The fourth-order valence-corrected chi connectivity index (χ4v) is 5.29. The van der Waals surface area contributed by atoms with Crippen molar-refractivity contribution in [3.8, 4) is 5.75 Å². The number of fused-ring (bicyclic) bond motifs is 2. The van der Waals surface area contributed by atoms with Gasteiger partial charge in [0.2, 0.25) is 0 Å². The Balaban J connectivity index is 1.41. The molecule has 178 valence electrons. The minimum atomic E-state index is -0.352. The van der Waals surface area contributed by atoms with Crippen LogP contribution in [0.4, 0.5) is 0 Å². The Morgan fingerprint density at radius 1 is 1.15 bits per heavy atom. The molecular formula is C27H37N3O3. The number of pyridine rings is 1. The summed E-state index contributed by atoms with van der Waals surface area (Å²) in [5.74, 6) is 1.00. The molecule has 0 radical (unpaired) electrons. The molecule has 2 bridgehead atoms. The molecule has 1 N–H and O–H groups in total. The lowest BCUT2D eigenvalue weighted by Crippen LogP contribution is -2.49. The topological polar surface area (TPSA) is 65.9 Å². The summed E-state index contributed by atoms with van der Waals surface area (Å²) in [6.07, 6.45) is 3.92. The molecule has 33 heavy (non-hydrogen) atoms. The summed E-state index contributed by atoms with van der Waals surface area (Å²) in [4.78, 5) is 22.1. The van der Waals surface area contributed by atoms with Gasteiger partial charge in [-0.1, -0.05) is 13.0 Å². The Hall–Kier alpha value is -2.44. The van der Waals surface area contributed by atoms with E-state index >= 15 is 0 Å². The summed E-state index contributed by atoms with van der Waals surface area (Å²) in [7, 11) is 0. The normalized spacial score (nSPS) is 21.9. The Labute approximate surface area is 197 Å². The summed E-state index contributed by atoms with van der Waals surface area (Å²) in [6.45, 7) is 12.6. The number of likely N-dealkylation sites (tertiary alicyclic amines) is 2. The molecule has 1 aromatic carbocycles. The van der Waals surface area contributed by atoms with Crippen LogP contribution in [-0.4, -0.2) is 63.7 Å². The summed E-state index contributed by atoms with van der Waals surface area (Å²) >= 11 is 0. The molecule has 0 aliphatic carbocycles. The third kappa shape index (κ3) is 4.78. The number of rotatable bonds is 8. The molecule has 2 aliphatic rings. The van der Waals surface area contributed by atoms with Crippen LogP contribution in [0.1, 0.15) is 72.4 Å². The van der Waals surface area contributed by atoms with E-state index in [2.05, 4.69) is 49.7 Å². The number of ether oxygens (including phenoxy) is 1. The Morgan fingerprint density at radius 2 is 1.94 bits per heavy atom. The minimum Gasteiger partial charge on any atom is -0.493 e. The summed E-state index contributed by atoms with van der Waals surface area (Å²) in [6, 6.07) is 9.05. The number of nitrogens with zero attached hydrogens (tertiary/aromatic N) is 3. The standard InChI is InChI=1S/C27H37N3O3/c1-6-22-8-7-21(14-28-22)27(32)30-16-23-13-24(30)15-29(23)20(5)25-9-10-26(19(4)18(25)3)33-12-11-17(2)31/h7-10,14,17,20,23-24,31H,6,11-13,15-16H2,1-5H3/t17-,20-,23+,24+/m0/s1. The highest BCUT2D eigenvalue weighted by Crippen LogP contribution is 2.39. The molecule has 2 fully saturated rings. The monoisotopic (exact) mass is 451 g/mol. The van der Waals surface area contributed by atoms with Gasteiger partial charge in [-0.2, -0.15) is 0 Å². The second-order valence-electron chi connectivity index (χ2n) is 9.65. The van der Waals surface area contributed by atoms with Crippen LogP contribution >= 0.6 is 0 Å². The maximum Gasteiger partial charge on any atom is 0.255 e. The number of aliphatic hydroxyl groups excluding tert-OH is 1. The molecule has 0 saturated carbocycles. The molecule has 2 aliphatic heterocycles. The van der Waals surface area contributed by atoms with Crippen LogP contribution in [0.2, 0.25) is 0 Å². The second-order valence-corrected chi connectivity index (χ2v) is 9.65. The number of piperazine rings is 1. The molecule has 3 heterocycles. The van der Waals surface area contributed by atoms with Crippen LogP contribution in [0, 0.1) is 13.8 Å². The van der Waals surface area contributed by atoms with Crippen molar-refractivity contribution in [1.82, 2.24) is 14.8 Å². The highest BCUT2D eigenvalue weighted by atomic mass is 16.5. The fraction of sp³-hybridized carbons (Fsp3) is 0.556.